The Morgan fingerprint density at radius 3 is 2.40 bits per heavy atom. The summed E-state index contributed by atoms with van der Waals surface area (Å²) in [5.41, 5.74) is 1.82. The van der Waals surface area contributed by atoms with Crippen LogP contribution in [0.15, 0.2) is 24.3 Å². The maximum absolute atomic E-state index is 6.13. The minimum Gasteiger partial charge on any atom is -0.493 e. The van der Waals surface area contributed by atoms with Crippen molar-refractivity contribution in [3.8, 4) is 5.75 Å². The lowest BCUT2D eigenvalue weighted by molar-refractivity contribution is 0.109. The highest BCUT2D eigenvalue weighted by Crippen LogP contribution is 2.49. The molecule has 3 fully saturated rings. The van der Waals surface area contributed by atoms with E-state index in [1.54, 1.807) is 0 Å². The third kappa shape index (κ3) is 4.58. The fraction of sp³-hybridized carbons (Fsp3) is 0.739. The lowest BCUT2D eigenvalue weighted by atomic mass is 9.68. The number of aryl methyl sites for hydroxylation is 1. The predicted octanol–water partition coefficient (Wildman–Crippen LogP) is 5.64. The second kappa shape index (κ2) is 6.95. The second-order valence-electron chi connectivity index (χ2n) is 9.90. The Hall–Kier alpha value is -1.02. The minimum atomic E-state index is 0.401. The Labute approximate surface area is 153 Å². The molecule has 5 unspecified atom stereocenters. The van der Waals surface area contributed by atoms with Crippen molar-refractivity contribution in [2.75, 3.05) is 6.61 Å². The standard InChI is InChI=1S/C23H34O2/c1-23(2,3)11-10-16-5-8-20(9-6-16)24-15-17-4-7-18-13-21-22(25-21)14-19(18)12-17/h5-6,8-9,17-19,21-22H,4,7,10-15H2,1-3H3. The third-order valence-corrected chi connectivity index (χ3v) is 6.58. The van der Waals surface area contributed by atoms with Crippen molar-refractivity contribution in [2.45, 2.75) is 77.9 Å². The van der Waals surface area contributed by atoms with Gasteiger partial charge in [-0.25, -0.2) is 0 Å². The molecule has 0 radical (unpaired) electrons. The molecule has 0 bridgehead atoms. The van der Waals surface area contributed by atoms with E-state index in [-0.39, 0.29) is 0 Å². The molecule has 2 aliphatic carbocycles. The average Bonchev–Trinajstić information content (AvgIpc) is 3.34. The molecule has 3 aliphatic rings. The van der Waals surface area contributed by atoms with Crippen LogP contribution in [0.3, 0.4) is 0 Å². The van der Waals surface area contributed by atoms with Gasteiger partial charge in [0, 0.05) is 0 Å². The number of fused-ring (bicyclic) bond motifs is 2. The molecular formula is C23H34O2. The van der Waals surface area contributed by atoms with Gasteiger partial charge in [-0.2, -0.15) is 0 Å². The summed E-state index contributed by atoms with van der Waals surface area (Å²) in [6.45, 7) is 7.81. The molecular weight excluding hydrogens is 308 g/mol. The van der Waals surface area contributed by atoms with Crippen LogP contribution in [0.2, 0.25) is 0 Å². The largest absolute Gasteiger partial charge is 0.493 e. The number of benzene rings is 1. The summed E-state index contributed by atoms with van der Waals surface area (Å²) in [4.78, 5) is 0. The first-order valence-corrected chi connectivity index (χ1v) is 10.3. The van der Waals surface area contributed by atoms with Crippen molar-refractivity contribution in [3.63, 3.8) is 0 Å². The lowest BCUT2D eigenvalue weighted by Gasteiger charge is -2.37. The molecule has 1 heterocycles. The van der Waals surface area contributed by atoms with E-state index in [0.29, 0.717) is 17.6 Å². The zero-order valence-electron chi connectivity index (χ0n) is 16.2. The fourth-order valence-electron chi connectivity index (χ4n) is 4.85. The lowest BCUT2D eigenvalue weighted by Crippen LogP contribution is -2.32. The number of hydrogen-bond donors (Lipinski definition) is 0. The van der Waals surface area contributed by atoms with Gasteiger partial charge in [0.05, 0.1) is 18.8 Å². The van der Waals surface area contributed by atoms with Crippen LogP contribution in [-0.4, -0.2) is 18.8 Å². The first-order valence-electron chi connectivity index (χ1n) is 10.3. The van der Waals surface area contributed by atoms with Crippen LogP contribution in [0.5, 0.6) is 5.75 Å². The molecule has 1 aromatic carbocycles. The fourth-order valence-corrected chi connectivity index (χ4v) is 4.85. The number of epoxide rings is 1. The van der Waals surface area contributed by atoms with Gasteiger partial charge in [-0.15, -0.1) is 0 Å². The average molecular weight is 343 g/mol. The number of ether oxygens (including phenoxy) is 2. The maximum Gasteiger partial charge on any atom is 0.119 e. The molecule has 2 heteroatoms. The van der Waals surface area contributed by atoms with E-state index in [4.69, 9.17) is 9.47 Å². The Bertz CT molecular complexity index is 571. The summed E-state index contributed by atoms with van der Waals surface area (Å²) >= 11 is 0. The van der Waals surface area contributed by atoms with Gasteiger partial charge in [-0.1, -0.05) is 32.9 Å². The highest BCUT2D eigenvalue weighted by molar-refractivity contribution is 5.27. The SMILES string of the molecule is CC(C)(C)CCc1ccc(OCC2CCC3CC4OC4CC3C2)cc1. The Kier molecular flexibility index (Phi) is 4.83. The Morgan fingerprint density at radius 2 is 1.68 bits per heavy atom. The zero-order valence-corrected chi connectivity index (χ0v) is 16.2. The van der Waals surface area contributed by atoms with Gasteiger partial charge in [0.15, 0.2) is 0 Å². The Balaban J connectivity index is 1.23. The molecule has 138 valence electrons. The molecule has 1 aromatic rings. The number of hydrogen-bond acceptors (Lipinski definition) is 2. The monoisotopic (exact) mass is 342 g/mol. The first kappa shape index (κ1) is 17.4. The van der Waals surface area contributed by atoms with E-state index in [2.05, 4.69) is 45.0 Å². The molecule has 1 aliphatic heterocycles. The highest BCUT2D eigenvalue weighted by atomic mass is 16.6. The summed E-state index contributed by atoms with van der Waals surface area (Å²) in [7, 11) is 0. The van der Waals surface area contributed by atoms with Gasteiger partial charge in [0.25, 0.3) is 0 Å². The molecule has 0 aromatic heterocycles. The summed E-state index contributed by atoms with van der Waals surface area (Å²) in [6, 6.07) is 8.80. The van der Waals surface area contributed by atoms with E-state index in [9.17, 15) is 0 Å². The minimum absolute atomic E-state index is 0.401. The van der Waals surface area contributed by atoms with Gasteiger partial charge >= 0.3 is 0 Å². The van der Waals surface area contributed by atoms with Crippen LogP contribution in [0.25, 0.3) is 0 Å². The predicted molar refractivity (Wildman–Crippen MR) is 102 cm³/mol. The maximum atomic E-state index is 6.13. The van der Waals surface area contributed by atoms with E-state index >= 15 is 0 Å². The summed E-state index contributed by atoms with van der Waals surface area (Å²) in [6.07, 6.45) is 10.3. The van der Waals surface area contributed by atoms with Crippen molar-refractivity contribution in [3.05, 3.63) is 29.8 Å². The van der Waals surface area contributed by atoms with Crippen molar-refractivity contribution in [2.24, 2.45) is 23.2 Å². The third-order valence-electron chi connectivity index (χ3n) is 6.58. The smallest absolute Gasteiger partial charge is 0.119 e. The van der Waals surface area contributed by atoms with Crippen LogP contribution in [0.4, 0.5) is 0 Å². The molecule has 2 nitrogen and oxygen atoms in total. The Morgan fingerprint density at radius 1 is 0.960 bits per heavy atom. The van der Waals surface area contributed by atoms with E-state index in [1.165, 1.54) is 44.1 Å². The van der Waals surface area contributed by atoms with Crippen LogP contribution in [-0.2, 0) is 11.2 Å². The summed E-state index contributed by atoms with van der Waals surface area (Å²) < 4.78 is 11.9. The van der Waals surface area contributed by atoms with Gasteiger partial charge < -0.3 is 9.47 Å². The normalized spacial score (nSPS) is 34.1. The molecule has 1 saturated heterocycles. The van der Waals surface area contributed by atoms with Crippen LogP contribution in [0.1, 0.15) is 64.9 Å². The molecule has 5 atom stereocenters. The van der Waals surface area contributed by atoms with Gasteiger partial charge in [0.2, 0.25) is 0 Å². The van der Waals surface area contributed by atoms with Gasteiger partial charge in [-0.05, 0) is 85.8 Å². The molecule has 0 N–H and O–H groups in total. The molecule has 2 saturated carbocycles. The topological polar surface area (TPSA) is 21.8 Å². The van der Waals surface area contributed by atoms with Crippen LogP contribution >= 0.6 is 0 Å². The molecule has 0 amide bonds. The van der Waals surface area contributed by atoms with E-state index in [1.807, 2.05) is 0 Å². The van der Waals surface area contributed by atoms with E-state index in [0.717, 1.165) is 36.5 Å². The molecule has 25 heavy (non-hydrogen) atoms. The van der Waals surface area contributed by atoms with E-state index < -0.39 is 0 Å². The first-order chi connectivity index (χ1) is 12.0. The molecule has 4 rings (SSSR count). The van der Waals surface area contributed by atoms with Crippen molar-refractivity contribution >= 4 is 0 Å². The van der Waals surface area contributed by atoms with Gasteiger partial charge in [0.1, 0.15) is 5.75 Å². The zero-order chi connectivity index (χ0) is 17.4. The van der Waals surface area contributed by atoms with Crippen molar-refractivity contribution in [1.82, 2.24) is 0 Å². The van der Waals surface area contributed by atoms with Gasteiger partial charge in [-0.3, -0.25) is 0 Å². The van der Waals surface area contributed by atoms with Crippen LogP contribution in [0, 0.1) is 23.2 Å². The second-order valence-corrected chi connectivity index (χ2v) is 9.90. The number of rotatable bonds is 5. The quantitative estimate of drug-likeness (QED) is 0.646. The highest BCUT2D eigenvalue weighted by Gasteiger charge is 2.49. The van der Waals surface area contributed by atoms with Crippen molar-refractivity contribution < 1.29 is 9.47 Å². The van der Waals surface area contributed by atoms with Crippen molar-refractivity contribution in [1.29, 1.82) is 0 Å². The summed E-state index contributed by atoms with van der Waals surface area (Å²) in [5, 5.41) is 0. The summed E-state index contributed by atoms with van der Waals surface area (Å²) in [5.74, 6) is 3.60. The molecule has 0 spiro atoms. The van der Waals surface area contributed by atoms with Crippen LogP contribution < -0.4 is 4.74 Å².